The molecule has 0 fully saturated rings. The van der Waals surface area contributed by atoms with Gasteiger partial charge < -0.3 is 14.9 Å². The predicted octanol–water partition coefficient (Wildman–Crippen LogP) is 1.63. The smallest absolute Gasteiger partial charge is 0.281 e. The van der Waals surface area contributed by atoms with Gasteiger partial charge in [0.2, 0.25) is 0 Å². The van der Waals surface area contributed by atoms with Gasteiger partial charge in [-0.1, -0.05) is 0 Å². The first kappa shape index (κ1) is 10.2. The molecule has 0 amide bonds. The van der Waals surface area contributed by atoms with E-state index < -0.39 is 18.4 Å². The van der Waals surface area contributed by atoms with Gasteiger partial charge in [-0.2, -0.15) is 0 Å². The maximum absolute atomic E-state index is 13.2. The topological polar surface area (TPSA) is 49.7 Å². The second-order valence-electron chi connectivity index (χ2n) is 3.52. The Hall–Kier alpha value is -1.36. The number of fused-ring (bicyclic) bond motifs is 1. The summed E-state index contributed by atoms with van der Waals surface area (Å²) < 4.78 is 31.3. The molecule has 5 heteroatoms. The number of aliphatic hydroxyl groups excluding tert-OH is 1. The fraction of sp³-hybridized carbons (Fsp3) is 0.400. The summed E-state index contributed by atoms with van der Waals surface area (Å²) in [5.41, 5.74) is 0.0503. The van der Waals surface area contributed by atoms with Crippen molar-refractivity contribution >= 4 is 0 Å². The molecule has 0 heterocycles. The number of phenols is 1. The van der Waals surface area contributed by atoms with Crippen LogP contribution in [0.25, 0.3) is 0 Å². The van der Waals surface area contributed by atoms with Gasteiger partial charge in [0.15, 0.2) is 0 Å². The number of aliphatic hydroxyl groups is 1. The summed E-state index contributed by atoms with van der Waals surface area (Å²) in [6.07, 6.45) is -2.57. The van der Waals surface area contributed by atoms with E-state index in [2.05, 4.69) is 0 Å². The number of ether oxygens (including phenoxy) is 1. The Balaban J connectivity index is 2.61. The summed E-state index contributed by atoms with van der Waals surface area (Å²) in [6, 6.07) is 2.64. The fourth-order valence-corrected chi connectivity index (χ4v) is 1.85. The minimum atomic E-state index is -3.24. The van der Waals surface area contributed by atoms with Crippen LogP contribution in [0.1, 0.15) is 17.2 Å². The third kappa shape index (κ3) is 1.34. The van der Waals surface area contributed by atoms with Crippen LogP contribution in [0.3, 0.4) is 0 Å². The number of rotatable bonds is 1. The highest BCUT2D eigenvalue weighted by molar-refractivity contribution is 5.53. The van der Waals surface area contributed by atoms with Crippen LogP contribution >= 0.6 is 0 Å². The van der Waals surface area contributed by atoms with Crippen molar-refractivity contribution in [2.45, 2.75) is 18.4 Å². The van der Waals surface area contributed by atoms with E-state index in [0.29, 0.717) is 0 Å². The first-order valence-corrected chi connectivity index (χ1v) is 4.42. The van der Waals surface area contributed by atoms with Crippen LogP contribution in [-0.4, -0.2) is 23.2 Å². The molecule has 2 N–H and O–H groups in total. The molecule has 0 aliphatic heterocycles. The Bertz CT molecular complexity index is 404. The fourth-order valence-electron chi connectivity index (χ4n) is 1.85. The number of hydrogen-bond donors (Lipinski definition) is 2. The van der Waals surface area contributed by atoms with Crippen molar-refractivity contribution in [3.05, 3.63) is 23.3 Å². The van der Waals surface area contributed by atoms with Crippen molar-refractivity contribution in [3.8, 4) is 11.5 Å². The van der Waals surface area contributed by atoms with Crippen LogP contribution in [0.15, 0.2) is 12.1 Å². The zero-order valence-corrected chi connectivity index (χ0v) is 8.00. The first-order valence-electron chi connectivity index (χ1n) is 4.42. The van der Waals surface area contributed by atoms with E-state index in [0.717, 1.165) is 0 Å². The third-order valence-electron chi connectivity index (χ3n) is 2.60. The van der Waals surface area contributed by atoms with E-state index in [9.17, 15) is 19.0 Å². The summed E-state index contributed by atoms with van der Waals surface area (Å²) in [5.74, 6) is -3.30. The minimum Gasteiger partial charge on any atom is -0.508 e. The number of phenolic OH excluding ortho intramolecular Hbond substituents is 1. The monoisotopic (exact) mass is 216 g/mol. The van der Waals surface area contributed by atoms with Crippen molar-refractivity contribution in [1.29, 1.82) is 0 Å². The van der Waals surface area contributed by atoms with Gasteiger partial charge in [0.25, 0.3) is 5.92 Å². The quantitative estimate of drug-likeness (QED) is 0.750. The number of aromatic hydroxyl groups is 1. The lowest BCUT2D eigenvalue weighted by Crippen LogP contribution is -2.21. The molecule has 0 radical (unpaired) electrons. The normalized spacial score (nSPS) is 22.5. The van der Waals surface area contributed by atoms with Crippen LogP contribution in [0.2, 0.25) is 0 Å². The summed E-state index contributed by atoms with van der Waals surface area (Å²) in [6.45, 7) is 0. The molecular weight excluding hydrogens is 206 g/mol. The lowest BCUT2D eigenvalue weighted by atomic mass is 10.1. The van der Waals surface area contributed by atoms with Crippen LogP contribution in [0.5, 0.6) is 11.5 Å². The van der Waals surface area contributed by atoms with Crippen LogP contribution in [0, 0.1) is 0 Å². The highest BCUT2D eigenvalue weighted by atomic mass is 19.3. The summed E-state index contributed by atoms with van der Waals surface area (Å²) in [4.78, 5) is 0. The molecule has 0 saturated carbocycles. The Labute approximate surface area is 84.9 Å². The van der Waals surface area contributed by atoms with Gasteiger partial charge in [0, 0.05) is 17.5 Å². The van der Waals surface area contributed by atoms with E-state index in [1.807, 2.05) is 0 Å². The van der Waals surface area contributed by atoms with Crippen molar-refractivity contribution in [2.75, 3.05) is 7.11 Å². The lowest BCUT2D eigenvalue weighted by molar-refractivity contribution is -0.0973. The molecule has 1 aliphatic rings. The number of alkyl halides is 2. The molecule has 1 atom stereocenters. The Morgan fingerprint density at radius 2 is 2.13 bits per heavy atom. The highest BCUT2D eigenvalue weighted by Gasteiger charge is 2.49. The van der Waals surface area contributed by atoms with E-state index in [4.69, 9.17) is 4.74 Å². The van der Waals surface area contributed by atoms with Gasteiger partial charge >= 0.3 is 0 Å². The average molecular weight is 216 g/mol. The van der Waals surface area contributed by atoms with Crippen molar-refractivity contribution in [2.24, 2.45) is 0 Å². The van der Waals surface area contributed by atoms with Gasteiger partial charge in [0.05, 0.1) is 7.11 Å². The second kappa shape index (κ2) is 3.06. The first-order chi connectivity index (χ1) is 6.97. The van der Waals surface area contributed by atoms with Crippen molar-refractivity contribution in [1.82, 2.24) is 0 Å². The number of benzene rings is 1. The maximum atomic E-state index is 13.2. The van der Waals surface area contributed by atoms with Crippen LogP contribution in [-0.2, 0) is 6.42 Å². The van der Waals surface area contributed by atoms with E-state index >= 15 is 0 Å². The molecule has 0 spiro atoms. The van der Waals surface area contributed by atoms with Gasteiger partial charge in [-0.15, -0.1) is 0 Å². The molecule has 15 heavy (non-hydrogen) atoms. The van der Waals surface area contributed by atoms with E-state index in [1.54, 1.807) is 0 Å². The highest BCUT2D eigenvalue weighted by Crippen LogP contribution is 2.49. The SMILES string of the molecule is COc1ccc(O)c2c1CC(F)(F)C2O. The van der Waals surface area contributed by atoms with Gasteiger partial charge in [-0.05, 0) is 12.1 Å². The summed E-state index contributed by atoms with van der Waals surface area (Å²) in [5, 5.41) is 18.7. The third-order valence-corrected chi connectivity index (χ3v) is 2.60. The van der Waals surface area contributed by atoms with E-state index in [-0.39, 0.29) is 22.6 Å². The Kier molecular flexibility index (Phi) is 2.08. The van der Waals surface area contributed by atoms with Crippen LogP contribution in [0.4, 0.5) is 8.78 Å². The maximum Gasteiger partial charge on any atom is 0.281 e. The Morgan fingerprint density at radius 3 is 2.73 bits per heavy atom. The van der Waals surface area contributed by atoms with Crippen LogP contribution < -0.4 is 4.74 Å². The molecule has 82 valence electrons. The molecular formula is C10H10F2O3. The number of hydrogen-bond acceptors (Lipinski definition) is 3. The van der Waals surface area contributed by atoms with Crippen molar-refractivity contribution < 1.29 is 23.7 Å². The number of methoxy groups -OCH3 is 1. The second-order valence-corrected chi connectivity index (χ2v) is 3.52. The zero-order chi connectivity index (χ0) is 11.2. The molecule has 1 aliphatic carbocycles. The molecule has 1 aromatic carbocycles. The van der Waals surface area contributed by atoms with Gasteiger partial charge in [-0.3, -0.25) is 0 Å². The molecule has 1 unspecified atom stereocenters. The molecule has 2 rings (SSSR count). The van der Waals surface area contributed by atoms with Gasteiger partial charge in [0.1, 0.15) is 17.6 Å². The average Bonchev–Trinajstić information content (AvgIpc) is 2.40. The molecule has 1 aromatic rings. The lowest BCUT2D eigenvalue weighted by Gasteiger charge is -2.13. The molecule has 3 nitrogen and oxygen atoms in total. The standard InChI is InChI=1S/C10H10F2O3/c1-15-7-3-2-6(13)8-5(7)4-10(11,12)9(8)14/h2-3,9,13-14H,4H2,1H3. The molecule has 0 aromatic heterocycles. The minimum absolute atomic E-state index is 0.126. The largest absolute Gasteiger partial charge is 0.508 e. The Morgan fingerprint density at radius 1 is 1.47 bits per heavy atom. The van der Waals surface area contributed by atoms with Crippen molar-refractivity contribution in [3.63, 3.8) is 0 Å². The van der Waals surface area contributed by atoms with Gasteiger partial charge in [-0.25, -0.2) is 8.78 Å². The predicted molar refractivity (Wildman–Crippen MR) is 48.3 cm³/mol. The summed E-state index contributed by atoms with van der Waals surface area (Å²) >= 11 is 0. The number of halogens is 2. The zero-order valence-electron chi connectivity index (χ0n) is 8.00. The molecule has 0 saturated heterocycles. The van der Waals surface area contributed by atoms with E-state index in [1.165, 1.54) is 19.2 Å². The molecule has 0 bridgehead atoms. The summed E-state index contributed by atoms with van der Waals surface area (Å²) in [7, 11) is 1.36.